The van der Waals surface area contributed by atoms with Crippen LogP contribution in [0.2, 0.25) is 0 Å². The first kappa shape index (κ1) is 18.2. The molecule has 2 N–H and O–H groups in total. The van der Waals surface area contributed by atoms with Crippen molar-refractivity contribution in [2.45, 2.75) is 63.8 Å². The minimum atomic E-state index is -0.178. The van der Waals surface area contributed by atoms with E-state index in [9.17, 15) is 9.59 Å². The number of H-pyrrole nitrogens is 1. The molecule has 2 aliphatic rings. The lowest BCUT2D eigenvalue weighted by Crippen LogP contribution is -2.43. The third-order valence-electron chi connectivity index (χ3n) is 5.79. The van der Waals surface area contributed by atoms with Crippen LogP contribution in [0.4, 0.5) is 0 Å². The van der Waals surface area contributed by atoms with Crippen molar-refractivity contribution in [2.75, 3.05) is 13.2 Å². The fraction of sp³-hybridized carbons (Fsp3) is 0.833. The van der Waals surface area contributed by atoms with Crippen molar-refractivity contribution < 1.29 is 9.53 Å². The first-order chi connectivity index (χ1) is 12.1. The summed E-state index contributed by atoms with van der Waals surface area (Å²) in [7, 11) is 1.74. The second-order valence-corrected chi connectivity index (χ2v) is 7.52. The van der Waals surface area contributed by atoms with Crippen molar-refractivity contribution in [1.82, 2.24) is 20.1 Å². The molecule has 1 aliphatic carbocycles. The van der Waals surface area contributed by atoms with Crippen molar-refractivity contribution >= 4 is 5.91 Å². The zero-order valence-corrected chi connectivity index (χ0v) is 15.1. The molecule has 140 valence electrons. The molecular formula is C18H30N4O3. The predicted molar refractivity (Wildman–Crippen MR) is 94.2 cm³/mol. The lowest BCUT2D eigenvalue weighted by atomic mass is 9.82. The summed E-state index contributed by atoms with van der Waals surface area (Å²) in [6.45, 7) is 1.67. The van der Waals surface area contributed by atoms with E-state index < -0.39 is 0 Å². The Morgan fingerprint density at radius 3 is 2.76 bits per heavy atom. The van der Waals surface area contributed by atoms with E-state index in [-0.39, 0.29) is 17.6 Å². The molecular weight excluding hydrogens is 320 g/mol. The number of ether oxygens (including phenoxy) is 1. The molecule has 2 fully saturated rings. The summed E-state index contributed by atoms with van der Waals surface area (Å²) in [6, 6.07) is 0.197. The van der Waals surface area contributed by atoms with E-state index in [0.717, 1.165) is 64.0 Å². The van der Waals surface area contributed by atoms with Gasteiger partial charge in [0.05, 0.1) is 0 Å². The molecule has 2 heterocycles. The lowest BCUT2D eigenvalue weighted by Gasteiger charge is -2.32. The van der Waals surface area contributed by atoms with Crippen LogP contribution < -0.4 is 11.0 Å². The quantitative estimate of drug-likeness (QED) is 0.814. The smallest absolute Gasteiger partial charge is 0.343 e. The molecule has 1 amide bonds. The monoisotopic (exact) mass is 350 g/mol. The van der Waals surface area contributed by atoms with Crippen LogP contribution in [0.15, 0.2) is 4.79 Å². The molecule has 0 spiro atoms. The third kappa shape index (κ3) is 4.93. The molecule has 1 aliphatic heterocycles. The minimum Gasteiger partial charge on any atom is -0.381 e. The van der Waals surface area contributed by atoms with Crippen LogP contribution >= 0.6 is 0 Å². The summed E-state index contributed by atoms with van der Waals surface area (Å²) in [5.41, 5.74) is -0.178. The van der Waals surface area contributed by atoms with Crippen LogP contribution in [0.3, 0.4) is 0 Å². The summed E-state index contributed by atoms with van der Waals surface area (Å²) < 4.78 is 6.94. The van der Waals surface area contributed by atoms with Crippen molar-refractivity contribution in [3.63, 3.8) is 0 Å². The maximum atomic E-state index is 12.4. The second kappa shape index (κ2) is 8.65. The van der Waals surface area contributed by atoms with Gasteiger partial charge in [-0.25, -0.2) is 9.89 Å². The van der Waals surface area contributed by atoms with Crippen LogP contribution in [0, 0.1) is 11.8 Å². The van der Waals surface area contributed by atoms with Crippen LogP contribution in [-0.4, -0.2) is 39.9 Å². The van der Waals surface area contributed by atoms with Gasteiger partial charge in [-0.15, -0.1) is 0 Å². The number of carbonyl (C=O) groups excluding carboxylic acids is 1. The number of hydrogen-bond acceptors (Lipinski definition) is 4. The molecule has 1 saturated carbocycles. The number of carbonyl (C=O) groups is 1. The molecule has 1 saturated heterocycles. The van der Waals surface area contributed by atoms with E-state index in [1.165, 1.54) is 6.42 Å². The molecule has 2 atom stereocenters. The first-order valence-corrected chi connectivity index (χ1v) is 9.61. The maximum absolute atomic E-state index is 12.4. The highest BCUT2D eigenvalue weighted by molar-refractivity contribution is 5.76. The number of nitrogens with zero attached hydrogens (tertiary/aromatic N) is 2. The van der Waals surface area contributed by atoms with Crippen LogP contribution in [0.25, 0.3) is 0 Å². The Morgan fingerprint density at radius 1 is 1.28 bits per heavy atom. The van der Waals surface area contributed by atoms with Gasteiger partial charge >= 0.3 is 5.69 Å². The van der Waals surface area contributed by atoms with E-state index in [2.05, 4.69) is 15.5 Å². The largest absolute Gasteiger partial charge is 0.381 e. The SMILES string of the molecule is Cn1c(C[C@H]2CCCC[C@H]2NC(=O)CCC2CCOCC2)n[nH]c1=O. The lowest BCUT2D eigenvalue weighted by molar-refractivity contribution is -0.122. The van der Waals surface area contributed by atoms with Crippen molar-refractivity contribution in [3.05, 3.63) is 16.3 Å². The Hall–Kier alpha value is -1.63. The van der Waals surface area contributed by atoms with Crippen LogP contribution in [0.5, 0.6) is 0 Å². The summed E-state index contributed by atoms with van der Waals surface area (Å²) in [5.74, 6) is 1.92. The van der Waals surface area contributed by atoms with Gasteiger partial charge in [-0.3, -0.25) is 9.36 Å². The Morgan fingerprint density at radius 2 is 2.04 bits per heavy atom. The van der Waals surface area contributed by atoms with E-state index in [1.807, 2.05) is 0 Å². The Bertz CT molecular complexity index is 618. The molecule has 0 bridgehead atoms. The van der Waals surface area contributed by atoms with Crippen LogP contribution in [-0.2, 0) is 23.0 Å². The molecule has 0 unspecified atom stereocenters. The molecule has 1 aromatic rings. The van der Waals surface area contributed by atoms with Crippen molar-refractivity contribution in [2.24, 2.45) is 18.9 Å². The normalized spacial score (nSPS) is 25.0. The Balaban J connectivity index is 1.50. The van der Waals surface area contributed by atoms with Gasteiger partial charge in [0.15, 0.2) is 0 Å². The predicted octanol–water partition coefficient (Wildman–Crippen LogP) is 1.53. The van der Waals surface area contributed by atoms with Crippen molar-refractivity contribution in [3.8, 4) is 0 Å². The first-order valence-electron chi connectivity index (χ1n) is 9.61. The van der Waals surface area contributed by atoms with Gasteiger partial charge < -0.3 is 10.1 Å². The van der Waals surface area contributed by atoms with Gasteiger partial charge in [0.2, 0.25) is 5.91 Å². The Kier molecular flexibility index (Phi) is 6.29. The van der Waals surface area contributed by atoms with E-state index >= 15 is 0 Å². The maximum Gasteiger partial charge on any atom is 0.343 e. The van der Waals surface area contributed by atoms with Gasteiger partial charge in [-0.05, 0) is 43.9 Å². The van der Waals surface area contributed by atoms with E-state index in [0.29, 0.717) is 18.3 Å². The molecule has 7 heteroatoms. The third-order valence-corrected chi connectivity index (χ3v) is 5.79. The number of aromatic nitrogens is 3. The number of hydrogen-bond donors (Lipinski definition) is 2. The average Bonchev–Trinajstić information content (AvgIpc) is 2.95. The minimum absolute atomic E-state index is 0.166. The Labute approximate surface area is 148 Å². The highest BCUT2D eigenvalue weighted by atomic mass is 16.5. The summed E-state index contributed by atoms with van der Waals surface area (Å²) in [5, 5.41) is 9.88. The molecule has 0 aromatic carbocycles. The number of aromatic amines is 1. The molecule has 0 radical (unpaired) electrons. The van der Waals surface area contributed by atoms with Gasteiger partial charge in [0, 0.05) is 39.1 Å². The average molecular weight is 350 g/mol. The summed E-state index contributed by atoms with van der Waals surface area (Å²) in [4.78, 5) is 23.9. The topological polar surface area (TPSA) is 89.0 Å². The van der Waals surface area contributed by atoms with Crippen LogP contribution in [0.1, 0.15) is 57.2 Å². The molecule has 25 heavy (non-hydrogen) atoms. The zero-order valence-electron chi connectivity index (χ0n) is 15.1. The molecule has 7 nitrogen and oxygen atoms in total. The zero-order chi connectivity index (χ0) is 17.6. The number of nitrogens with one attached hydrogen (secondary N) is 2. The number of rotatable bonds is 6. The highest BCUT2D eigenvalue weighted by Crippen LogP contribution is 2.27. The molecule has 1 aromatic heterocycles. The van der Waals surface area contributed by atoms with Gasteiger partial charge in [0.1, 0.15) is 5.82 Å². The fourth-order valence-corrected chi connectivity index (χ4v) is 4.09. The highest BCUT2D eigenvalue weighted by Gasteiger charge is 2.28. The van der Waals surface area contributed by atoms with Gasteiger partial charge in [-0.2, -0.15) is 5.10 Å². The summed E-state index contributed by atoms with van der Waals surface area (Å²) >= 11 is 0. The van der Waals surface area contributed by atoms with E-state index in [1.54, 1.807) is 11.6 Å². The fourth-order valence-electron chi connectivity index (χ4n) is 4.09. The van der Waals surface area contributed by atoms with Gasteiger partial charge in [-0.1, -0.05) is 12.8 Å². The van der Waals surface area contributed by atoms with Crippen molar-refractivity contribution in [1.29, 1.82) is 0 Å². The van der Waals surface area contributed by atoms with Gasteiger partial charge in [0.25, 0.3) is 0 Å². The second-order valence-electron chi connectivity index (χ2n) is 7.52. The van der Waals surface area contributed by atoms with E-state index in [4.69, 9.17) is 4.74 Å². The standard InChI is InChI=1S/C18H30N4O3/c1-22-16(20-21-18(22)24)12-14-4-2-3-5-15(14)19-17(23)7-6-13-8-10-25-11-9-13/h13-15H,2-12H2,1H3,(H,19,23)(H,21,24)/t14-,15-/m1/s1. The number of amides is 1. The molecule has 3 rings (SSSR count). The summed E-state index contributed by atoms with van der Waals surface area (Å²) in [6.07, 6.45) is 8.88.